The standard InChI is InChI=1S/C17H30O2/c1-2-3-13-17(18)19-16-12-8-7-11-15(16)14-9-5-4-6-10-14/h14-16H,2-13H2,1H3/t15-,16-/m0/s1. The Labute approximate surface area is 118 Å². The maximum atomic E-state index is 11.9. The smallest absolute Gasteiger partial charge is 0.306 e. The van der Waals surface area contributed by atoms with E-state index in [2.05, 4.69) is 6.92 Å². The number of hydrogen-bond acceptors (Lipinski definition) is 2. The summed E-state index contributed by atoms with van der Waals surface area (Å²) in [7, 11) is 0. The van der Waals surface area contributed by atoms with Crippen LogP contribution in [0.4, 0.5) is 0 Å². The van der Waals surface area contributed by atoms with Crippen molar-refractivity contribution in [1.29, 1.82) is 0 Å². The zero-order chi connectivity index (χ0) is 13.5. The summed E-state index contributed by atoms with van der Waals surface area (Å²) in [5.74, 6) is 1.55. The molecule has 2 aliphatic carbocycles. The highest BCUT2D eigenvalue weighted by atomic mass is 16.5. The molecule has 2 rings (SSSR count). The van der Waals surface area contributed by atoms with Gasteiger partial charge in [-0.2, -0.15) is 0 Å². The third kappa shape index (κ3) is 4.50. The van der Waals surface area contributed by atoms with Crippen molar-refractivity contribution in [3.05, 3.63) is 0 Å². The third-order valence-corrected chi connectivity index (χ3v) is 5.03. The largest absolute Gasteiger partial charge is 0.462 e. The molecule has 19 heavy (non-hydrogen) atoms. The molecule has 0 aliphatic heterocycles. The SMILES string of the molecule is CCCCC(=O)O[C@H]1CCCC[C@H]1C1CCCCC1. The van der Waals surface area contributed by atoms with Gasteiger partial charge in [0.2, 0.25) is 0 Å². The van der Waals surface area contributed by atoms with E-state index in [9.17, 15) is 4.79 Å². The number of esters is 1. The molecule has 0 aromatic rings. The van der Waals surface area contributed by atoms with Gasteiger partial charge in [-0.25, -0.2) is 0 Å². The maximum Gasteiger partial charge on any atom is 0.306 e. The van der Waals surface area contributed by atoms with Crippen LogP contribution in [0.5, 0.6) is 0 Å². The Balaban J connectivity index is 1.86. The van der Waals surface area contributed by atoms with E-state index in [0.717, 1.165) is 25.2 Å². The van der Waals surface area contributed by atoms with Crippen molar-refractivity contribution in [2.75, 3.05) is 0 Å². The number of rotatable bonds is 5. The predicted octanol–water partition coefficient (Wildman–Crippen LogP) is 4.86. The summed E-state index contributed by atoms with van der Waals surface area (Å²) in [5, 5.41) is 0. The lowest BCUT2D eigenvalue weighted by molar-refractivity contribution is -0.155. The van der Waals surface area contributed by atoms with Crippen LogP contribution >= 0.6 is 0 Å². The highest BCUT2D eigenvalue weighted by molar-refractivity contribution is 5.69. The van der Waals surface area contributed by atoms with Gasteiger partial charge in [-0.3, -0.25) is 4.79 Å². The molecule has 0 heterocycles. The number of ether oxygens (including phenoxy) is 1. The quantitative estimate of drug-likeness (QED) is 0.664. The van der Waals surface area contributed by atoms with Crippen LogP contribution in [0, 0.1) is 11.8 Å². The zero-order valence-electron chi connectivity index (χ0n) is 12.5. The Morgan fingerprint density at radius 1 is 1.00 bits per heavy atom. The predicted molar refractivity (Wildman–Crippen MR) is 77.9 cm³/mol. The molecule has 2 nitrogen and oxygen atoms in total. The number of unbranched alkanes of at least 4 members (excludes halogenated alkanes) is 1. The van der Waals surface area contributed by atoms with Crippen LogP contribution in [0.15, 0.2) is 0 Å². The Bertz CT molecular complexity index is 268. The van der Waals surface area contributed by atoms with E-state index in [0.29, 0.717) is 12.3 Å². The molecule has 0 bridgehead atoms. The van der Waals surface area contributed by atoms with E-state index < -0.39 is 0 Å². The summed E-state index contributed by atoms with van der Waals surface area (Å²) >= 11 is 0. The first-order valence-electron chi connectivity index (χ1n) is 8.50. The molecule has 2 aliphatic rings. The van der Waals surface area contributed by atoms with Gasteiger partial charge < -0.3 is 4.74 Å². The second kappa shape index (κ2) is 7.91. The van der Waals surface area contributed by atoms with Crippen LogP contribution in [0.25, 0.3) is 0 Å². The van der Waals surface area contributed by atoms with E-state index in [-0.39, 0.29) is 12.1 Å². The van der Waals surface area contributed by atoms with Crippen molar-refractivity contribution in [3.8, 4) is 0 Å². The highest BCUT2D eigenvalue weighted by Crippen LogP contribution is 2.39. The second-order valence-electron chi connectivity index (χ2n) is 6.48. The average molecular weight is 266 g/mol. The van der Waals surface area contributed by atoms with Gasteiger partial charge in [-0.05, 0) is 37.5 Å². The lowest BCUT2D eigenvalue weighted by Gasteiger charge is -2.38. The van der Waals surface area contributed by atoms with Crippen molar-refractivity contribution < 1.29 is 9.53 Å². The fraction of sp³-hybridized carbons (Fsp3) is 0.941. The molecule has 2 atom stereocenters. The number of carbonyl (C=O) groups is 1. The van der Waals surface area contributed by atoms with Crippen molar-refractivity contribution in [3.63, 3.8) is 0 Å². The number of carbonyl (C=O) groups excluding carboxylic acids is 1. The molecule has 0 amide bonds. The van der Waals surface area contributed by atoms with Crippen LogP contribution in [-0.2, 0) is 9.53 Å². The van der Waals surface area contributed by atoms with Crippen molar-refractivity contribution in [2.45, 2.75) is 90.1 Å². The van der Waals surface area contributed by atoms with Crippen LogP contribution in [-0.4, -0.2) is 12.1 Å². The molecule has 0 saturated heterocycles. The molecule has 2 heteroatoms. The minimum absolute atomic E-state index is 0.0505. The summed E-state index contributed by atoms with van der Waals surface area (Å²) in [4.78, 5) is 11.9. The van der Waals surface area contributed by atoms with Crippen LogP contribution in [0.2, 0.25) is 0 Å². The van der Waals surface area contributed by atoms with Gasteiger partial charge >= 0.3 is 5.97 Å². The lowest BCUT2D eigenvalue weighted by atomic mass is 9.72. The van der Waals surface area contributed by atoms with E-state index in [1.807, 2.05) is 0 Å². The summed E-state index contributed by atoms with van der Waals surface area (Å²) in [6.07, 6.45) is 14.8. The topological polar surface area (TPSA) is 26.3 Å². The lowest BCUT2D eigenvalue weighted by Crippen LogP contribution is -2.35. The van der Waals surface area contributed by atoms with Gasteiger partial charge in [-0.15, -0.1) is 0 Å². The molecule has 0 unspecified atom stereocenters. The second-order valence-corrected chi connectivity index (χ2v) is 6.48. The van der Waals surface area contributed by atoms with Crippen LogP contribution in [0.1, 0.15) is 84.0 Å². The van der Waals surface area contributed by atoms with Crippen LogP contribution < -0.4 is 0 Å². The molecule has 0 spiro atoms. The molecule has 0 aromatic carbocycles. The minimum atomic E-state index is 0.0505. The first kappa shape index (κ1) is 14.9. The van der Waals surface area contributed by atoms with Gasteiger partial charge in [0.25, 0.3) is 0 Å². The van der Waals surface area contributed by atoms with E-state index >= 15 is 0 Å². The van der Waals surface area contributed by atoms with Crippen LogP contribution in [0.3, 0.4) is 0 Å². The fourth-order valence-electron chi connectivity index (χ4n) is 3.92. The molecule has 0 N–H and O–H groups in total. The molecular weight excluding hydrogens is 236 g/mol. The molecule has 110 valence electrons. The molecule has 2 saturated carbocycles. The zero-order valence-corrected chi connectivity index (χ0v) is 12.5. The Morgan fingerprint density at radius 3 is 2.42 bits per heavy atom. The first-order chi connectivity index (χ1) is 9.31. The molecular formula is C17H30O2. The van der Waals surface area contributed by atoms with Crippen molar-refractivity contribution in [2.24, 2.45) is 11.8 Å². The normalized spacial score (nSPS) is 29.1. The van der Waals surface area contributed by atoms with Crippen molar-refractivity contribution in [1.82, 2.24) is 0 Å². The first-order valence-corrected chi connectivity index (χ1v) is 8.50. The van der Waals surface area contributed by atoms with Gasteiger partial charge in [-0.1, -0.05) is 51.9 Å². The number of hydrogen-bond donors (Lipinski definition) is 0. The summed E-state index contributed by atoms with van der Waals surface area (Å²) in [6, 6.07) is 0. The minimum Gasteiger partial charge on any atom is -0.462 e. The van der Waals surface area contributed by atoms with E-state index in [1.54, 1.807) is 0 Å². The highest BCUT2D eigenvalue weighted by Gasteiger charge is 2.34. The summed E-state index contributed by atoms with van der Waals surface area (Å²) in [6.45, 7) is 2.12. The van der Waals surface area contributed by atoms with Gasteiger partial charge in [0.15, 0.2) is 0 Å². The molecule has 2 fully saturated rings. The molecule has 0 aromatic heterocycles. The fourth-order valence-corrected chi connectivity index (χ4v) is 3.92. The van der Waals surface area contributed by atoms with Gasteiger partial charge in [0.1, 0.15) is 6.10 Å². The third-order valence-electron chi connectivity index (χ3n) is 5.03. The summed E-state index contributed by atoms with van der Waals surface area (Å²) in [5.41, 5.74) is 0. The Hall–Kier alpha value is -0.530. The summed E-state index contributed by atoms with van der Waals surface area (Å²) < 4.78 is 5.82. The van der Waals surface area contributed by atoms with E-state index in [4.69, 9.17) is 4.74 Å². The van der Waals surface area contributed by atoms with E-state index in [1.165, 1.54) is 51.4 Å². The maximum absolute atomic E-state index is 11.9. The van der Waals surface area contributed by atoms with Gasteiger partial charge in [0.05, 0.1) is 0 Å². The Kier molecular flexibility index (Phi) is 6.19. The average Bonchev–Trinajstić information content (AvgIpc) is 2.46. The molecule has 0 radical (unpaired) electrons. The van der Waals surface area contributed by atoms with Crippen molar-refractivity contribution >= 4 is 5.97 Å². The van der Waals surface area contributed by atoms with Gasteiger partial charge in [0, 0.05) is 6.42 Å². The monoisotopic (exact) mass is 266 g/mol. The Morgan fingerprint density at radius 2 is 1.68 bits per heavy atom.